The summed E-state index contributed by atoms with van der Waals surface area (Å²) in [5.41, 5.74) is 2.06. The van der Waals surface area contributed by atoms with E-state index in [2.05, 4.69) is 10.6 Å². The van der Waals surface area contributed by atoms with Crippen LogP contribution in [-0.4, -0.2) is 59.5 Å². The molecule has 4 N–H and O–H groups in total. The molecule has 0 radical (unpaired) electrons. The third-order valence-electron chi connectivity index (χ3n) is 8.52. The van der Waals surface area contributed by atoms with Gasteiger partial charge in [-0.05, 0) is 62.8 Å². The van der Waals surface area contributed by atoms with Gasteiger partial charge in [0.1, 0.15) is 17.9 Å². The van der Waals surface area contributed by atoms with Gasteiger partial charge in [-0.25, -0.2) is 4.79 Å². The maximum atomic E-state index is 13.1. The van der Waals surface area contributed by atoms with Gasteiger partial charge >= 0.3 is 5.97 Å². The summed E-state index contributed by atoms with van der Waals surface area (Å²) in [5.74, 6) is -1.33. The number of aliphatic hydroxyl groups is 1. The van der Waals surface area contributed by atoms with E-state index >= 15 is 0 Å². The Balaban J connectivity index is 1.78. The molecular formula is C36H50N2O7. The standard InChI is InChI=1S/C36H50N2O7/c1-24-14-13-15-27-20-29(22-30(39)21-27)38-33(40)23-31(44-4)18-11-6-5-7-12-19-32(25(2)34(24)41)45-36(43)26(3)37-35(42)28-16-9-8-10-17-28/h5-7,11-12,14,18,20-22,25-26,28,31-32,34,39,41H,8-10,13,15-17,19,23H2,1-4H3,(H,37,42)(H,38,40)/b6-5+,12-7+,18-11+,24-14-. The first-order chi connectivity index (χ1) is 21.6. The summed E-state index contributed by atoms with van der Waals surface area (Å²) in [6.07, 6.45) is 17.4. The monoisotopic (exact) mass is 622 g/mol. The first kappa shape index (κ1) is 35.8. The lowest BCUT2D eigenvalue weighted by molar-refractivity contribution is -0.156. The second-order valence-corrected chi connectivity index (χ2v) is 12.2. The summed E-state index contributed by atoms with van der Waals surface area (Å²) in [6.45, 7) is 5.33. The SMILES string of the molecule is COC1/C=C/C=C/C=C/CC(OC(=O)C(C)NC(=O)C2CCCCC2)C(C)C(O)/C(C)=C\CCc2cc(O)cc(c2)NC(=O)C1. The number of carbonyl (C=O) groups is 3. The number of allylic oxidation sites excluding steroid dienone is 5. The van der Waals surface area contributed by atoms with E-state index in [1.165, 1.54) is 13.2 Å². The van der Waals surface area contributed by atoms with Gasteiger partial charge in [-0.1, -0.05) is 68.7 Å². The number of rotatable bonds is 5. The van der Waals surface area contributed by atoms with Crippen molar-refractivity contribution in [2.45, 2.75) is 103 Å². The molecule has 2 amide bonds. The molecule has 0 saturated heterocycles. The average Bonchev–Trinajstić information content (AvgIpc) is 3.01. The van der Waals surface area contributed by atoms with Crippen LogP contribution in [0.5, 0.6) is 5.75 Å². The van der Waals surface area contributed by atoms with Crippen molar-refractivity contribution in [2.24, 2.45) is 11.8 Å². The molecule has 9 nitrogen and oxygen atoms in total. The molecule has 1 aliphatic heterocycles. The highest BCUT2D eigenvalue weighted by Crippen LogP contribution is 2.26. The third-order valence-corrected chi connectivity index (χ3v) is 8.52. The lowest BCUT2D eigenvalue weighted by Gasteiger charge is -2.29. The van der Waals surface area contributed by atoms with E-state index in [4.69, 9.17) is 9.47 Å². The highest BCUT2D eigenvalue weighted by Gasteiger charge is 2.31. The Kier molecular flexibility index (Phi) is 14.6. The molecule has 1 heterocycles. The number of esters is 1. The van der Waals surface area contributed by atoms with Gasteiger partial charge in [0, 0.05) is 37.1 Å². The molecule has 2 bridgehead atoms. The second-order valence-electron chi connectivity index (χ2n) is 12.2. The number of anilines is 1. The molecule has 45 heavy (non-hydrogen) atoms. The topological polar surface area (TPSA) is 134 Å². The maximum Gasteiger partial charge on any atom is 0.328 e. The van der Waals surface area contributed by atoms with Crippen molar-refractivity contribution in [3.05, 3.63) is 71.9 Å². The van der Waals surface area contributed by atoms with Crippen molar-refractivity contribution < 1.29 is 34.1 Å². The number of hydrogen-bond donors (Lipinski definition) is 4. The van der Waals surface area contributed by atoms with Crippen LogP contribution in [0, 0.1) is 11.8 Å². The number of phenols is 1. The molecule has 1 fully saturated rings. The van der Waals surface area contributed by atoms with Gasteiger partial charge < -0.3 is 30.3 Å². The zero-order valence-corrected chi connectivity index (χ0v) is 27.0. The zero-order chi connectivity index (χ0) is 32.8. The molecule has 5 atom stereocenters. The van der Waals surface area contributed by atoms with E-state index in [1.807, 2.05) is 44.2 Å². The minimum Gasteiger partial charge on any atom is -0.508 e. The smallest absolute Gasteiger partial charge is 0.328 e. The van der Waals surface area contributed by atoms with Crippen molar-refractivity contribution in [1.82, 2.24) is 5.32 Å². The third kappa shape index (κ3) is 12.0. The van der Waals surface area contributed by atoms with Crippen LogP contribution in [0.4, 0.5) is 5.69 Å². The normalized spacial score (nSPS) is 28.2. The van der Waals surface area contributed by atoms with E-state index < -0.39 is 36.2 Å². The van der Waals surface area contributed by atoms with Gasteiger partial charge in [0.15, 0.2) is 0 Å². The van der Waals surface area contributed by atoms with Gasteiger partial charge in [0.05, 0.1) is 18.6 Å². The van der Waals surface area contributed by atoms with Crippen molar-refractivity contribution >= 4 is 23.5 Å². The summed E-state index contributed by atoms with van der Waals surface area (Å²) >= 11 is 0. The van der Waals surface area contributed by atoms with Gasteiger partial charge in [-0.3, -0.25) is 9.59 Å². The van der Waals surface area contributed by atoms with Crippen molar-refractivity contribution in [3.8, 4) is 5.75 Å². The lowest BCUT2D eigenvalue weighted by atomic mass is 9.88. The lowest BCUT2D eigenvalue weighted by Crippen LogP contribution is -2.45. The first-order valence-corrected chi connectivity index (χ1v) is 16.1. The van der Waals surface area contributed by atoms with Crippen LogP contribution >= 0.6 is 0 Å². The number of amides is 2. The predicted molar refractivity (Wildman–Crippen MR) is 175 cm³/mol. The highest BCUT2D eigenvalue weighted by atomic mass is 16.5. The van der Waals surface area contributed by atoms with E-state index in [0.29, 0.717) is 24.9 Å². The summed E-state index contributed by atoms with van der Waals surface area (Å²) in [6, 6.07) is 4.16. The van der Waals surface area contributed by atoms with Gasteiger partial charge in [-0.15, -0.1) is 0 Å². The van der Waals surface area contributed by atoms with E-state index in [1.54, 1.807) is 31.2 Å². The fourth-order valence-electron chi connectivity index (χ4n) is 5.70. The Morgan fingerprint density at radius 3 is 2.53 bits per heavy atom. The molecule has 1 saturated carbocycles. The van der Waals surface area contributed by atoms with Crippen LogP contribution < -0.4 is 10.6 Å². The summed E-state index contributed by atoms with van der Waals surface area (Å²) in [4.78, 5) is 38.5. The number of phenolic OH excluding ortho intramolecular Hbond substituents is 1. The number of methoxy groups -OCH3 is 1. The number of aliphatic hydroxyl groups excluding tert-OH is 1. The number of aryl methyl sites for hydroxylation is 1. The van der Waals surface area contributed by atoms with Crippen LogP contribution in [0.3, 0.4) is 0 Å². The largest absolute Gasteiger partial charge is 0.508 e. The second kappa shape index (κ2) is 18.3. The molecule has 1 aliphatic carbocycles. The Hall–Kier alpha value is -3.69. The van der Waals surface area contributed by atoms with Gasteiger partial charge in [0.2, 0.25) is 11.8 Å². The van der Waals surface area contributed by atoms with E-state index in [9.17, 15) is 24.6 Å². The quantitative estimate of drug-likeness (QED) is 0.245. The Morgan fingerprint density at radius 2 is 1.80 bits per heavy atom. The molecular weight excluding hydrogens is 572 g/mol. The molecule has 246 valence electrons. The predicted octanol–water partition coefficient (Wildman–Crippen LogP) is 5.68. The molecule has 0 spiro atoms. The van der Waals surface area contributed by atoms with Crippen molar-refractivity contribution in [1.29, 1.82) is 0 Å². The van der Waals surface area contributed by atoms with Crippen LogP contribution in [0.25, 0.3) is 0 Å². The number of aromatic hydroxyl groups is 1. The summed E-state index contributed by atoms with van der Waals surface area (Å²) in [5, 5.41) is 27.2. The van der Waals surface area contributed by atoms with Crippen LogP contribution in [0.2, 0.25) is 0 Å². The Morgan fingerprint density at radius 1 is 1.07 bits per heavy atom. The van der Waals surface area contributed by atoms with E-state index in [-0.39, 0.29) is 29.9 Å². The highest BCUT2D eigenvalue weighted by molar-refractivity contribution is 5.91. The number of carbonyl (C=O) groups excluding carboxylic acids is 3. The maximum absolute atomic E-state index is 13.1. The molecule has 2 aliphatic rings. The van der Waals surface area contributed by atoms with Crippen LogP contribution in [0.15, 0.2) is 66.3 Å². The van der Waals surface area contributed by atoms with Crippen molar-refractivity contribution in [2.75, 3.05) is 12.4 Å². The molecule has 9 heteroatoms. The van der Waals surface area contributed by atoms with Gasteiger partial charge in [-0.2, -0.15) is 0 Å². The first-order valence-electron chi connectivity index (χ1n) is 16.1. The van der Waals surface area contributed by atoms with E-state index in [0.717, 1.165) is 43.2 Å². The number of benzene rings is 1. The fourth-order valence-corrected chi connectivity index (χ4v) is 5.70. The molecule has 1 aromatic carbocycles. The average molecular weight is 623 g/mol. The van der Waals surface area contributed by atoms with Crippen LogP contribution in [0.1, 0.15) is 77.7 Å². The molecule has 3 rings (SSSR count). The number of hydrogen-bond acceptors (Lipinski definition) is 7. The summed E-state index contributed by atoms with van der Waals surface area (Å²) < 4.78 is 11.4. The number of nitrogens with one attached hydrogen (secondary N) is 2. The Labute approximate surface area is 267 Å². The summed E-state index contributed by atoms with van der Waals surface area (Å²) in [7, 11) is 1.54. The zero-order valence-electron chi connectivity index (χ0n) is 27.0. The molecule has 1 aromatic rings. The van der Waals surface area contributed by atoms with Gasteiger partial charge in [0.25, 0.3) is 0 Å². The van der Waals surface area contributed by atoms with Crippen molar-refractivity contribution in [3.63, 3.8) is 0 Å². The molecule has 0 aromatic heterocycles. The number of ether oxygens (including phenoxy) is 2. The minimum atomic E-state index is -0.874. The van der Waals surface area contributed by atoms with Crippen LogP contribution in [-0.2, 0) is 30.3 Å². The minimum absolute atomic E-state index is 0.0465. The molecule has 5 unspecified atom stereocenters. The Bertz CT molecular complexity index is 1260. The fraction of sp³-hybridized carbons (Fsp3) is 0.528. The number of fused-ring (bicyclic) bond motifs is 2.